The van der Waals surface area contributed by atoms with Gasteiger partial charge in [-0.05, 0) is 76.4 Å². The number of nitrogens with one attached hydrogen (secondary N) is 1. The standard InChI is InChI=1S/C29H42N6O3/c1-7-34(8-2)16-12-11-15-30-29-31-27-23(32-33-29)17-22(28(36)35(27)21-13-9-10-14-21)26-19(3)24(37-5)18-25(38-6)20(26)4/h17-18,21H,7-16H2,1-6H3,(H,30,31,33). The van der Waals surface area contributed by atoms with Crippen LogP contribution in [0.1, 0.15) is 69.5 Å². The second-order valence-corrected chi connectivity index (χ2v) is 10.1. The monoisotopic (exact) mass is 522 g/mol. The van der Waals surface area contributed by atoms with Crippen LogP contribution in [-0.2, 0) is 0 Å². The first-order chi connectivity index (χ1) is 18.4. The predicted molar refractivity (Wildman–Crippen MR) is 153 cm³/mol. The topological polar surface area (TPSA) is 94.4 Å². The van der Waals surface area contributed by atoms with E-state index in [9.17, 15) is 4.79 Å². The van der Waals surface area contributed by atoms with Crippen molar-refractivity contribution in [1.29, 1.82) is 0 Å². The fourth-order valence-corrected chi connectivity index (χ4v) is 5.67. The van der Waals surface area contributed by atoms with Crippen molar-refractivity contribution in [1.82, 2.24) is 24.6 Å². The first kappa shape index (κ1) is 27.8. The molecule has 1 aliphatic rings. The summed E-state index contributed by atoms with van der Waals surface area (Å²) in [6.07, 6.45) is 6.23. The number of benzene rings is 1. The smallest absolute Gasteiger partial charge is 0.260 e. The molecule has 0 spiro atoms. The van der Waals surface area contributed by atoms with Gasteiger partial charge < -0.3 is 19.7 Å². The summed E-state index contributed by atoms with van der Waals surface area (Å²) in [6, 6.07) is 3.79. The second kappa shape index (κ2) is 12.6. The van der Waals surface area contributed by atoms with Crippen LogP contribution in [0.5, 0.6) is 11.5 Å². The van der Waals surface area contributed by atoms with Gasteiger partial charge in [-0.1, -0.05) is 26.7 Å². The molecule has 0 bridgehead atoms. The summed E-state index contributed by atoms with van der Waals surface area (Å²) < 4.78 is 13.1. The van der Waals surface area contributed by atoms with E-state index in [2.05, 4.69) is 34.3 Å². The Morgan fingerprint density at radius 2 is 1.66 bits per heavy atom. The van der Waals surface area contributed by atoms with Gasteiger partial charge in [-0.15, -0.1) is 10.2 Å². The molecule has 2 aromatic heterocycles. The zero-order valence-corrected chi connectivity index (χ0v) is 23.8. The fourth-order valence-electron chi connectivity index (χ4n) is 5.67. The number of fused-ring (bicyclic) bond motifs is 1. The highest BCUT2D eigenvalue weighted by molar-refractivity contribution is 5.83. The number of hydrogen-bond acceptors (Lipinski definition) is 8. The van der Waals surface area contributed by atoms with Crippen molar-refractivity contribution in [3.8, 4) is 22.6 Å². The molecule has 1 aliphatic carbocycles. The summed E-state index contributed by atoms with van der Waals surface area (Å²) in [5.41, 5.74) is 4.32. The Bertz CT molecular complexity index is 1280. The van der Waals surface area contributed by atoms with Crippen LogP contribution in [0.25, 0.3) is 22.3 Å². The van der Waals surface area contributed by atoms with Crippen molar-refractivity contribution >= 4 is 17.1 Å². The van der Waals surface area contributed by atoms with Crippen molar-refractivity contribution in [2.75, 3.05) is 45.7 Å². The third-order valence-electron chi connectivity index (χ3n) is 7.88. The molecule has 0 amide bonds. The van der Waals surface area contributed by atoms with Gasteiger partial charge in [-0.2, -0.15) is 4.98 Å². The highest BCUT2D eigenvalue weighted by Crippen LogP contribution is 2.39. The SMILES string of the molecule is CCN(CC)CCCCNc1nnc2cc(-c3c(C)c(OC)cc(OC)c3C)c(=O)n(C3CCCC3)c2n1. The molecule has 0 aliphatic heterocycles. The number of rotatable bonds is 12. The van der Waals surface area contributed by atoms with Crippen LogP contribution in [0.4, 0.5) is 5.95 Å². The highest BCUT2D eigenvalue weighted by atomic mass is 16.5. The number of anilines is 1. The molecular weight excluding hydrogens is 480 g/mol. The van der Waals surface area contributed by atoms with E-state index in [4.69, 9.17) is 14.5 Å². The van der Waals surface area contributed by atoms with Gasteiger partial charge in [0.05, 0.1) is 19.8 Å². The van der Waals surface area contributed by atoms with Crippen LogP contribution in [0, 0.1) is 13.8 Å². The van der Waals surface area contributed by atoms with E-state index in [0.717, 1.165) is 81.4 Å². The normalized spacial score (nSPS) is 14.0. The van der Waals surface area contributed by atoms with Crippen molar-refractivity contribution in [2.24, 2.45) is 0 Å². The molecule has 206 valence electrons. The van der Waals surface area contributed by atoms with E-state index in [0.29, 0.717) is 34.2 Å². The van der Waals surface area contributed by atoms with E-state index >= 15 is 0 Å². The molecule has 38 heavy (non-hydrogen) atoms. The summed E-state index contributed by atoms with van der Waals surface area (Å²) in [5.74, 6) is 1.83. The molecule has 1 aromatic carbocycles. The molecular formula is C29H42N6O3. The van der Waals surface area contributed by atoms with E-state index in [1.165, 1.54) is 0 Å². The summed E-state index contributed by atoms with van der Waals surface area (Å²) >= 11 is 0. The molecule has 0 unspecified atom stereocenters. The number of pyridine rings is 1. The zero-order valence-electron chi connectivity index (χ0n) is 23.8. The molecule has 0 atom stereocenters. The Balaban J connectivity index is 1.73. The number of unbranched alkanes of at least 4 members (excludes halogenated alkanes) is 1. The summed E-state index contributed by atoms with van der Waals surface area (Å²) in [6.45, 7) is 12.3. The summed E-state index contributed by atoms with van der Waals surface area (Å²) in [4.78, 5) is 21.4. The molecule has 1 N–H and O–H groups in total. The highest BCUT2D eigenvalue weighted by Gasteiger charge is 2.26. The molecule has 0 saturated heterocycles. The minimum Gasteiger partial charge on any atom is -0.496 e. The minimum atomic E-state index is -0.0587. The fraction of sp³-hybridized carbons (Fsp3) is 0.586. The van der Waals surface area contributed by atoms with Crippen LogP contribution in [0.15, 0.2) is 16.9 Å². The van der Waals surface area contributed by atoms with Gasteiger partial charge in [-0.25, -0.2) is 0 Å². The Labute approximate surface area is 225 Å². The lowest BCUT2D eigenvalue weighted by molar-refractivity contribution is 0.298. The van der Waals surface area contributed by atoms with Gasteiger partial charge in [0, 0.05) is 24.2 Å². The maximum Gasteiger partial charge on any atom is 0.260 e. The van der Waals surface area contributed by atoms with E-state index in [-0.39, 0.29) is 11.6 Å². The maximum atomic E-state index is 14.2. The predicted octanol–water partition coefficient (Wildman–Crippen LogP) is 5.14. The lowest BCUT2D eigenvalue weighted by Crippen LogP contribution is -2.27. The van der Waals surface area contributed by atoms with Crippen molar-refractivity contribution in [3.05, 3.63) is 33.6 Å². The number of methoxy groups -OCH3 is 2. The lowest BCUT2D eigenvalue weighted by atomic mass is 9.94. The maximum absolute atomic E-state index is 14.2. The number of hydrogen-bond donors (Lipinski definition) is 1. The van der Waals surface area contributed by atoms with Crippen molar-refractivity contribution < 1.29 is 9.47 Å². The molecule has 2 heterocycles. The number of nitrogens with zero attached hydrogens (tertiary/aromatic N) is 5. The lowest BCUT2D eigenvalue weighted by Gasteiger charge is -2.21. The van der Waals surface area contributed by atoms with Crippen LogP contribution in [-0.4, -0.2) is 65.0 Å². The van der Waals surface area contributed by atoms with Crippen LogP contribution in [0.3, 0.4) is 0 Å². The van der Waals surface area contributed by atoms with Crippen molar-refractivity contribution in [2.45, 2.75) is 72.3 Å². The quantitative estimate of drug-likeness (QED) is 0.327. The summed E-state index contributed by atoms with van der Waals surface area (Å²) in [7, 11) is 3.26. The van der Waals surface area contributed by atoms with E-state index in [1.807, 2.05) is 30.5 Å². The van der Waals surface area contributed by atoms with Gasteiger partial charge >= 0.3 is 0 Å². The molecule has 9 nitrogen and oxygen atoms in total. The molecule has 0 radical (unpaired) electrons. The third-order valence-corrected chi connectivity index (χ3v) is 7.88. The molecule has 1 saturated carbocycles. The Morgan fingerprint density at radius 3 is 2.26 bits per heavy atom. The molecule has 4 rings (SSSR count). The van der Waals surface area contributed by atoms with Crippen LogP contribution >= 0.6 is 0 Å². The van der Waals surface area contributed by atoms with Crippen LogP contribution < -0.4 is 20.3 Å². The zero-order chi connectivity index (χ0) is 27.2. The molecule has 9 heteroatoms. The van der Waals surface area contributed by atoms with E-state index < -0.39 is 0 Å². The van der Waals surface area contributed by atoms with Gasteiger partial charge in [0.15, 0.2) is 5.65 Å². The minimum absolute atomic E-state index is 0.0587. The van der Waals surface area contributed by atoms with Crippen LogP contribution in [0.2, 0.25) is 0 Å². The first-order valence-corrected chi connectivity index (χ1v) is 13.9. The Morgan fingerprint density at radius 1 is 1.00 bits per heavy atom. The average molecular weight is 523 g/mol. The second-order valence-electron chi connectivity index (χ2n) is 10.1. The Kier molecular flexibility index (Phi) is 9.20. The van der Waals surface area contributed by atoms with Gasteiger partial charge in [0.2, 0.25) is 5.95 Å². The van der Waals surface area contributed by atoms with Gasteiger partial charge in [0.1, 0.15) is 17.0 Å². The number of aromatic nitrogens is 4. The first-order valence-electron chi connectivity index (χ1n) is 13.9. The largest absolute Gasteiger partial charge is 0.496 e. The summed E-state index contributed by atoms with van der Waals surface area (Å²) in [5, 5.41) is 12.2. The average Bonchev–Trinajstić information content (AvgIpc) is 3.46. The third kappa shape index (κ3) is 5.62. The van der Waals surface area contributed by atoms with Gasteiger partial charge in [0.25, 0.3) is 5.56 Å². The van der Waals surface area contributed by atoms with Gasteiger partial charge in [-0.3, -0.25) is 9.36 Å². The Hall–Kier alpha value is -3.20. The van der Waals surface area contributed by atoms with E-state index in [1.54, 1.807) is 14.2 Å². The number of ether oxygens (including phenoxy) is 2. The van der Waals surface area contributed by atoms with Crippen molar-refractivity contribution in [3.63, 3.8) is 0 Å². The molecule has 3 aromatic rings. The molecule has 1 fully saturated rings.